The van der Waals surface area contributed by atoms with Gasteiger partial charge < -0.3 is 14.2 Å². The number of halogens is 3. The maximum atomic E-state index is 13.8. The standard InChI is InChI=1S/C22H22F3N5O4S/c1-32-19-15(20(33-2)27-12-26-19)18(31)29-21-28-17(22(23,24)25)16(35-21)14-5-3-13(4-6-14)11-30-7-9-34-10-8-30/h3-6,12H,7-11H2,1-2H3,(H,28,29,31). The largest absolute Gasteiger partial charge is 0.480 e. The number of carbonyl (C=O) groups is 1. The first-order chi connectivity index (χ1) is 16.8. The average molecular weight is 510 g/mol. The Hall–Kier alpha value is -3.29. The van der Waals surface area contributed by atoms with E-state index >= 15 is 0 Å². The molecule has 3 aromatic rings. The minimum Gasteiger partial charge on any atom is -0.480 e. The molecule has 4 rings (SSSR count). The van der Waals surface area contributed by atoms with E-state index < -0.39 is 17.8 Å². The lowest BCUT2D eigenvalue weighted by Crippen LogP contribution is -2.35. The van der Waals surface area contributed by atoms with Crippen molar-refractivity contribution in [3.8, 4) is 22.2 Å². The number of hydrogen-bond donors (Lipinski definition) is 1. The summed E-state index contributed by atoms with van der Waals surface area (Å²) in [7, 11) is 2.59. The minimum atomic E-state index is -4.72. The fourth-order valence-corrected chi connectivity index (χ4v) is 4.54. The van der Waals surface area contributed by atoms with Crippen molar-refractivity contribution in [3.05, 3.63) is 47.4 Å². The highest BCUT2D eigenvalue weighted by molar-refractivity contribution is 7.19. The van der Waals surface area contributed by atoms with E-state index in [1.165, 1.54) is 14.2 Å². The van der Waals surface area contributed by atoms with Crippen LogP contribution in [0.15, 0.2) is 30.6 Å². The summed E-state index contributed by atoms with van der Waals surface area (Å²) in [5.41, 5.74) is 0.0852. The van der Waals surface area contributed by atoms with E-state index in [2.05, 4.69) is 25.2 Å². The van der Waals surface area contributed by atoms with Crippen molar-refractivity contribution in [2.75, 3.05) is 45.8 Å². The molecule has 1 aromatic carbocycles. The molecule has 1 N–H and O–H groups in total. The molecule has 0 saturated carbocycles. The summed E-state index contributed by atoms with van der Waals surface area (Å²) in [5.74, 6) is -0.981. The van der Waals surface area contributed by atoms with Crippen LogP contribution in [0, 0.1) is 0 Å². The Kier molecular flexibility index (Phi) is 7.48. The van der Waals surface area contributed by atoms with Gasteiger partial charge in [0.1, 0.15) is 6.33 Å². The fraction of sp³-hybridized carbons (Fsp3) is 0.364. The Balaban J connectivity index is 1.60. The number of carbonyl (C=O) groups excluding carboxylic acids is 1. The monoisotopic (exact) mass is 509 g/mol. The zero-order chi connectivity index (χ0) is 25.0. The Morgan fingerprint density at radius 3 is 2.31 bits per heavy atom. The molecule has 0 spiro atoms. The normalized spacial score (nSPS) is 14.5. The summed E-state index contributed by atoms with van der Waals surface area (Å²) < 4.78 is 56.8. The first-order valence-electron chi connectivity index (χ1n) is 10.5. The molecule has 0 atom stereocenters. The second-order valence-corrected chi connectivity index (χ2v) is 8.50. The van der Waals surface area contributed by atoms with Crippen LogP contribution in [-0.2, 0) is 17.5 Å². The number of thiazole rings is 1. The number of nitrogens with one attached hydrogen (secondary N) is 1. The van der Waals surface area contributed by atoms with Crippen LogP contribution in [0.25, 0.3) is 10.4 Å². The molecule has 1 amide bonds. The van der Waals surface area contributed by atoms with Crippen molar-refractivity contribution >= 4 is 22.4 Å². The van der Waals surface area contributed by atoms with Gasteiger partial charge in [0.25, 0.3) is 5.91 Å². The van der Waals surface area contributed by atoms with Crippen LogP contribution in [0.2, 0.25) is 0 Å². The lowest BCUT2D eigenvalue weighted by Gasteiger charge is -2.26. The van der Waals surface area contributed by atoms with Gasteiger partial charge in [0.05, 0.1) is 32.3 Å². The van der Waals surface area contributed by atoms with Gasteiger partial charge in [0, 0.05) is 19.6 Å². The first-order valence-corrected chi connectivity index (χ1v) is 11.3. The van der Waals surface area contributed by atoms with Crippen molar-refractivity contribution in [2.24, 2.45) is 0 Å². The van der Waals surface area contributed by atoms with E-state index in [4.69, 9.17) is 14.2 Å². The molecule has 186 valence electrons. The van der Waals surface area contributed by atoms with Crippen molar-refractivity contribution in [1.82, 2.24) is 19.9 Å². The van der Waals surface area contributed by atoms with Crippen LogP contribution < -0.4 is 14.8 Å². The third kappa shape index (κ3) is 5.69. The number of morpholine rings is 1. The van der Waals surface area contributed by atoms with Gasteiger partial charge in [-0.2, -0.15) is 13.2 Å². The molecule has 0 bridgehead atoms. The van der Waals surface area contributed by atoms with Crippen LogP contribution in [0.3, 0.4) is 0 Å². The number of aromatic nitrogens is 3. The summed E-state index contributed by atoms with van der Waals surface area (Å²) in [6.07, 6.45) is -3.58. The molecule has 1 fully saturated rings. The van der Waals surface area contributed by atoms with E-state index in [-0.39, 0.29) is 27.3 Å². The van der Waals surface area contributed by atoms with Crippen LogP contribution in [0.1, 0.15) is 21.6 Å². The van der Waals surface area contributed by atoms with Crippen molar-refractivity contribution in [1.29, 1.82) is 0 Å². The lowest BCUT2D eigenvalue weighted by atomic mass is 10.1. The molecule has 9 nitrogen and oxygen atoms in total. The highest BCUT2D eigenvalue weighted by atomic mass is 32.1. The molecule has 1 saturated heterocycles. The van der Waals surface area contributed by atoms with E-state index in [9.17, 15) is 18.0 Å². The topological polar surface area (TPSA) is 98.7 Å². The van der Waals surface area contributed by atoms with Gasteiger partial charge in [-0.15, -0.1) is 0 Å². The summed E-state index contributed by atoms with van der Waals surface area (Å²) in [5, 5.41) is 2.15. The van der Waals surface area contributed by atoms with Crippen LogP contribution in [0.4, 0.5) is 18.3 Å². The molecular formula is C22H22F3N5O4S. The quantitative estimate of drug-likeness (QED) is 0.515. The van der Waals surface area contributed by atoms with Gasteiger partial charge >= 0.3 is 6.18 Å². The molecule has 35 heavy (non-hydrogen) atoms. The van der Waals surface area contributed by atoms with E-state index in [0.717, 1.165) is 36.3 Å². The summed E-state index contributed by atoms with van der Waals surface area (Å²) >= 11 is 0.718. The number of amides is 1. The SMILES string of the molecule is COc1ncnc(OC)c1C(=O)Nc1nc(C(F)(F)F)c(-c2ccc(CN3CCOCC3)cc2)s1. The molecule has 1 aliphatic rings. The molecule has 0 radical (unpaired) electrons. The molecular weight excluding hydrogens is 487 g/mol. The Labute approximate surface area is 202 Å². The zero-order valence-corrected chi connectivity index (χ0v) is 19.7. The second-order valence-electron chi connectivity index (χ2n) is 7.50. The number of benzene rings is 1. The fourth-order valence-electron chi connectivity index (χ4n) is 3.56. The maximum Gasteiger partial charge on any atom is 0.434 e. The number of nitrogens with zero attached hydrogens (tertiary/aromatic N) is 4. The van der Waals surface area contributed by atoms with Crippen molar-refractivity contribution in [3.63, 3.8) is 0 Å². The van der Waals surface area contributed by atoms with Gasteiger partial charge in [0.2, 0.25) is 11.8 Å². The smallest absolute Gasteiger partial charge is 0.434 e. The molecule has 0 aliphatic carbocycles. The third-order valence-corrected chi connectivity index (χ3v) is 6.25. The molecule has 1 aliphatic heterocycles. The van der Waals surface area contributed by atoms with Gasteiger partial charge in [-0.3, -0.25) is 15.0 Å². The van der Waals surface area contributed by atoms with Crippen molar-refractivity contribution < 1.29 is 32.2 Å². The van der Waals surface area contributed by atoms with Crippen molar-refractivity contribution in [2.45, 2.75) is 12.7 Å². The number of hydrogen-bond acceptors (Lipinski definition) is 9. The predicted octanol–water partition coefficient (Wildman–Crippen LogP) is 3.72. The molecule has 3 heterocycles. The predicted molar refractivity (Wildman–Crippen MR) is 122 cm³/mol. The number of methoxy groups -OCH3 is 2. The summed E-state index contributed by atoms with van der Waals surface area (Å²) in [6, 6.07) is 6.84. The highest BCUT2D eigenvalue weighted by Gasteiger charge is 2.38. The van der Waals surface area contributed by atoms with E-state index in [1.54, 1.807) is 24.3 Å². The van der Waals surface area contributed by atoms with E-state index in [0.29, 0.717) is 25.3 Å². The molecule has 0 unspecified atom stereocenters. The number of rotatable bonds is 7. The number of alkyl halides is 3. The summed E-state index contributed by atoms with van der Waals surface area (Å²) in [6.45, 7) is 3.62. The van der Waals surface area contributed by atoms with Gasteiger partial charge in [-0.25, -0.2) is 15.0 Å². The molecule has 13 heteroatoms. The Morgan fingerprint density at radius 2 is 1.74 bits per heavy atom. The minimum absolute atomic E-state index is 0.0852. The maximum absolute atomic E-state index is 13.8. The molecule has 2 aromatic heterocycles. The first kappa shape index (κ1) is 24.8. The van der Waals surface area contributed by atoms with E-state index in [1.807, 2.05) is 0 Å². The highest BCUT2D eigenvalue weighted by Crippen LogP contribution is 2.42. The van der Waals surface area contributed by atoms with Gasteiger partial charge in [-0.05, 0) is 11.1 Å². The van der Waals surface area contributed by atoms with Crippen LogP contribution in [-0.4, -0.2) is 66.3 Å². The number of anilines is 1. The van der Waals surface area contributed by atoms with Gasteiger partial charge in [0.15, 0.2) is 16.4 Å². The average Bonchev–Trinajstić information content (AvgIpc) is 3.29. The zero-order valence-electron chi connectivity index (χ0n) is 18.9. The second kappa shape index (κ2) is 10.5. The lowest BCUT2D eigenvalue weighted by molar-refractivity contribution is -0.140. The third-order valence-electron chi connectivity index (χ3n) is 5.23. The Morgan fingerprint density at radius 1 is 1.11 bits per heavy atom. The van der Waals surface area contributed by atoms with Crippen LogP contribution >= 0.6 is 11.3 Å². The van der Waals surface area contributed by atoms with Gasteiger partial charge in [-0.1, -0.05) is 35.6 Å². The number of ether oxygens (including phenoxy) is 3. The van der Waals surface area contributed by atoms with Crippen LogP contribution in [0.5, 0.6) is 11.8 Å². The summed E-state index contributed by atoms with van der Waals surface area (Å²) in [4.78, 5) is 26.3. The Bertz CT molecular complexity index is 1160.